The molecule has 0 aliphatic carbocycles. The second kappa shape index (κ2) is 10.3. The number of amidine groups is 2. The Morgan fingerprint density at radius 2 is 1.88 bits per heavy atom. The van der Waals surface area contributed by atoms with Gasteiger partial charge in [-0.3, -0.25) is 4.99 Å². The number of benzene rings is 1. The van der Waals surface area contributed by atoms with Crippen molar-refractivity contribution < 1.29 is 0 Å². The minimum atomic E-state index is 0.370. The lowest BCUT2D eigenvalue weighted by Gasteiger charge is -2.32. The molecule has 0 spiro atoms. The summed E-state index contributed by atoms with van der Waals surface area (Å²) in [5.41, 5.74) is 9.54. The maximum Gasteiger partial charge on any atom is 0.173 e. The molecule has 3 N–H and O–H groups in total. The standard InChI is InChI=1S/C26H32N6/c1-19(2)21-8-3-4-9-22(21)25(27)31-26(23-10-7-15-28-23)30-18-20-12-16-32(17-13-20)24-11-5-6-14-29-24/h3-11,14-15,19-20,28H,12-13,16-18H2,1-2H3,(H2,27,30,31). The van der Waals surface area contributed by atoms with Gasteiger partial charge in [0.2, 0.25) is 0 Å². The Balaban J connectivity index is 1.49. The van der Waals surface area contributed by atoms with Gasteiger partial charge in [0.15, 0.2) is 5.84 Å². The van der Waals surface area contributed by atoms with Gasteiger partial charge in [0.1, 0.15) is 11.7 Å². The lowest BCUT2D eigenvalue weighted by Crippen LogP contribution is -2.35. The molecule has 1 saturated heterocycles. The topological polar surface area (TPSA) is 82.7 Å². The molecule has 0 atom stereocenters. The Morgan fingerprint density at radius 1 is 1.09 bits per heavy atom. The molecule has 3 aromatic rings. The molecule has 0 amide bonds. The van der Waals surface area contributed by atoms with Crippen molar-refractivity contribution in [1.82, 2.24) is 9.97 Å². The monoisotopic (exact) mass is 428 g/mol. The molecule has 2 aromatic heterocycles. The average molecular weight is 429 g/mol. The summed E-state index contributed by atoms with van der Waals surface area (Å²) in [4.78, 5) is 19.8. The summed E-state index contributed by atoms with van der Waals surface area (Å²) in [5.74, 6) is 3.13. The Hall–Kier alpha value is -3.41. The highest BCUT2D eigenvalue weighted by molar-refractivity contribution is 6.10. The van der Waals surface area contributed by atoms with Gasteiger partial charge in [0, 0.05) is 37.6 Å². The number of aromatic nitrogens is 2. The summed E-state index contributed by atoms with van der Waals surface area (Å²) in [6, 6.07) is 18.2. The highest BCUT2D eigenvalue weighted by Gasteiger charge is 2.20. The summed E-state index contributed by atoms with van der Waals surface area (Å²) < 4.78 is 0. The van der Waals surface area contributed by atoms with Crippen LogP contribution in [0.25, 0.3) is 0 Å². The van der Waals surface area contributed by atoms with Crippen molar-refractivity contribution in [3.05, 3.63) is 83.8 Å². The van der Waals surface area contributed by atoms with Gasteiger partial charge in [-0.25, -0.2) is 9.98 Å². The van der Waals surface area contributed by atoms with Crippen LogP contribution in [0.3, 0.4) is 0 Å². The molecule has 6 nitrogen and oxygen atoms in total. The number of nitrogens with two attached hydrogens (primary N) is 1. The van der Waals surface area contributed by atoms with E-state index in [0.717, 1.165) is 49.6 Å². The number of hydrogen-bond acceptors (Lipinski definition) is 3. The van der Waals surface area contributed by atoms with Gasteiger partial charge in [-0.1, -0.05) is 44.2 Å². The number of pyridine rings is 1. The number of H-pyrrole nitrogens is 1. The number of rotatable bonds is 6. The van der Waals surface area contributed by atoms with Crippen LogP contribution in [-0.2, 0) is 0 Å². The fourth-order valence-corrected chi connectivity index (χ4v) is 4.16. The largest absolute Gasteiger partial charge is 0.383 e. The fraction of sp³-hybridized carbons (Fsp3) is 0.346. The lowest BCUT2D eigenvalue weighted by atomic mass is 9.96. The van der Waals surface area contributed by atoms with Crippen molar-refractivity contribution in [3.63, 3.8) is 0 Å². The van der Waals surface area contributed by atoms with Crippen molar-refractivity contribution >= 4 is 17.5 Å². The predicted molar refractivity (Wildman–Crippen MR) is 133 cm³/mol. The minimum Gasteiger partial charge on any atom is -0.383 e. The van der Waals surface area contributed by atoms with Crippen molar-refractivity contribution in [2.24, 2.45) is 21.6 Å². The van der Waals surface area contributed by atoms with E-state index in [1.54, 1.807) is 0 Å². The van der Waals surface area contributed by atoms with E-state index in [-0.39, 0.29) is 0 Å². The van der Waals surface area contributed by atoms with Crippen molar-refractivity contribution in [2.75, 3.05) is 24.5 Å². The quantitative estimate of drug-likeness (QED) is 0.445. The Kier molecular flexibility index (Phi) is 7.00. The number of aliphatic imine (C=N–C) groups is 2. The minimum absolute atomic E-state index is 0.370. The molecule has 0 bridgehead atoms. The molecule has 4 rings (SSSR count). The highest BCUT2D eigenvalue weighted by Crippen LogP contribution is 2.22. The number of hydrogen-bond donors (Lipinski definition) is 2. The van der Waals surface area contributed by atoms with E-state index >= 15 is 0 Å². The molecule has 0 saturated carbocycles. The molecular formula is C26H32N6. The molecule has 0 radical (unpaired) electrons. The van der Waals surface area contributed by atoms with E-state index in [9.17, 15) is 0 Å². The zero-order valence-corrected chi connectivity index (χ0v) is 18.9. The van der Waals surface area contributed by atoms with Crippen LogP contribution < -0.4 is 10.6 Å². The molecular weight excluding hydrogens is 396 g/mol. The molecule has 1 aromatic carbocycles. The Bertz CT molecular complexity index is 1040. The van der Waals surface area contributed by atoms with E-state index < -0.39 is 0 Å². The van der Waals surface area contributed by atoms with Crippen LogP contribution in [0.4, 0.5) is 5.82 Å². The first kappa shape index (κ1) is 21.8. The summed E-state index contributed by atoms with van der Waals surface area (Å²) >= 11 is 0. The summed E-state index contributed by atoms with van der Waals surface area (Å²) in [6.45, 7) is 7.09. The van der Waals surface area contributed by atoms with E-state index in [1.165, 1.54) is 5.56 Å². The van der Waals surface area contributed by atoms with E-state index in [4.69, 9.17) is 15.7 Å². The second-order valence-corrected chi connectivity index (χ2v) is 8.61. The maximum absolute atomic E-state index is 6.47. The third-order valence-corrected chi connectivity index (χ3v) is 6.01. The van der Waals surface area contributed by atoms with Gasteiger partial charge in [-0.15, -0.1) is 0 Å². The van der Waals surface area contributed by atoms with Gasteiger partial charge in [0.25, 0.3) is 0 Å². The summed E-state index contributed by atoms with van der Waals surface area (Å²) in [6.07, 6.45) is 5.93. The normalized spacial score (nSPS) is 16.0. The number of anilines is 1. The van der Waals surface area contributed by atoms with Crippen LogP contribution in [0.15, 0.2) is 77.0 Å². The highest BCUT2D eigenvalue weighted by atomic mass is 15.2. The number of aromatic amines is 1. The molecule has 6 heteroatoms. The van der Waals surface area contributed by atoms with Gasteiger partial charge in [-0.2, -0.15) is 0 Å². The SMILES string of the molecule is CC(C)c1ccccc1C(N)=NC(=NCC1CCN(c2ccccn2)CC1)c1ccc[nH]1. The van der Waals surface area contributed by atoms with E-state index in [2.05, 4.69) is 40.8 Å². The predicted octanol–water partition coefficient (Wildman–Crippen LogP) is 4.60. The van der Waals surface area contributed by atoms with Crippen LogP contribution in [0.1, 0.15) is 49.4 Å². The van der Waals surface area contributed by atoms with Crippen LogP contribution in [0.2, 0.25) is 0 Å². The van der Waals surface area contributed by atoms with Crippen LogP contribution in [0.5, 0.6) is 0 Å². The second-order valence-electron chi connectivity index (χ2n) is 8.61. The molecule has 1 fully saturated rings. The van der Waals surface area contributed by atoms with Crippen molar-refractivity contribution in [2.45, 2.75) is 32.6 Å². The van der Waals surface area contributed by atoms with Gasteiger partial charge in [0.05, 0.1) is 5.69 Å². The molecule has 32 heavy (non-hydrogen) atoms. The van der Waals surface area contributed by atoms with Crippen LogP contribution in [-0.4, -0.2) is 41.3 Å². The molecule has 1 aliphatic rings. The molecule has 1 aliphatic heterocycles. The zero-order chi connectivity index (χ0) is 22.3. The number of piperidine rings is 1. The zero-order valence-electron chi connectivity index (χ0n) is 18.9. The lowest BCUT2D eigenvalue weighted by molar-refractivity contribution is 0.414. The molecule has 166 valence electrons. The third kappa shape index (κ3) is 5.25. The van der Waals surface area contributed by atoms with E-state index in [1.807, 2.05) is 54.9 Å². The fourth-order valence-electron chi connectivity index (χ4n) is 4.16. The smallest absolute Gasteiger partial charge is 0.173 e. The van der Waals surface area contributed by atoms with E-state index in [0.29, 0.717) is 23.5 Å². The maximum atomic E-state index is 6.47. The Morgan fingerprint density at radius 3 is 2.56 bits per heavy atom. The first-order valence-corrected chi connectivity index (χ1v) is 11.4. The van der Waals surface area contributed by atoms with Crippen molar-refractivity contribution in [1.29, 1.82) is 0 Å². The summed E-state index contributed by atoms with van der Waals surface area (Å²) in [7, 11) is 0. The van der Waals surface area contributed by atoms with Crippen LogP contribution >= 0.6 is 0 Å². The Labute approximate surface area is 190 Å². The van der Waals surface area contributed by atoms with Crippen LogP contribution in [0, 0.1) is 5.92 Å². The first-order chi connectivity index (χ1) is 15.6. The third-order valence-electron chi connectivity index (χ3n) is 6.01. The molecule has 0 unspecified atom stereocenters. The number of nitrogens with zero attached hydrogens (tertiary/aromatic N) is 4. The molecule has 3 heterocycles. The summed E-state index contributed by atoms with van der Waals surface area (Å²) in [5, 5.41) is 0. The van der Waals surface area contributed by atoms with Crippen molar-refractivity contribution in [3.8, 4) is 0 Å². The average Bonchev–Trinajstić information content (AvgIpc) is 3.37. The number of nitrogens with one attached hydrogen (secondary N) is 1. The first-order valence-electron chi connectivity index (χ1n) is 11.4. The van der Waals surface area contributed by atoms with Gasteiger partial charge < -0.3 is 15.6 Å². The van der Waals surface area contributed by atoms with Gasteiger partial charge >= 0.3 is 0 Å². The van der Waals surface area contributed by atoms with Gasteiger partial charge in [-0.05, 0) is 54.5 Å².